The average Bonchev–Trinajstić information content (AvgIpc) is 2.52. The topological polar surface area (TPSA) is 37.4 Å². The van der Waals surface area contributed by atoms with Crippen molar-refractivity contribution >= 4 is 17.4 Å². The molecule has 0 saturated carbocycles. The Balaban J connectivity index is 2.34. The minimum absolute atomic E-state index is 0.379. The van der Waals surface area contributed by atoms with Gasteiger partial charge in [0.05, 0.1) is 11.3 Å². The lowest BCUT2D eigenvalue weighted by atomic mass is 10.0. The molecule has 0 N–H and O–H groups in total. The molecule has 2 rings (SSSR count). The number of fused-ring (bicyclic) bond motifs is 1. The zero-order valence-corrected chi connectivity index (χ0v) is 9.62. The molecule has 1 aromatic carbocycles. The van der Waals surface area contributed by atoms with Crippen LogP contribution in [0.2, 0.25) is 0 Å². The lowest BCUT2D eigenvalue weighted by Crippen LogP contribution is -2.24. The number of benzene rings is 1. The molecule has 0 radical (unpaired) electrons. The van der Waals surface area contributed by atoms with E-state index in [0.717, 1.165) is 30.5 Å². The van der Waals surface area contributed by atoms with E-state index >= 15 is 0 Å². The van der Waals surface area contributed by atoms with Gasteiger partial charge in [0.2, 0.25) is 0 Å². The van der Waals surface area contributed by atoms with Crippen molar-refractivity contribution in [3.8, 4) is 0 Å². The van der Waals surface area contributed by atoms with Crippen molar-refractivity contribution in [1.82, 2.24) is 0 Å². The van der Waals surface area contributed by atoms with E-state index in [1.807, 2.05) is 18.2 Å². The zero-order chi connectivity index (χ0) is 11.7. The van der Waals surface area contributed by atoms with Crippen LogP contribution in [0.1, 0.15) is 35.7 Å². The number of carbonyl (C=O) groups is 2. The van der Waals surface area contributed by atoms with Crippen LogP contribution in [0.15, 0.2) is 18.2 Å². The lowest BCUT2D eigenvalue weighted by Gasteiger charge is -2.09. The van der Waals surface area contributed by atoms with E-state index in [4.69, 9.17) is 0 Å². The van der Waals surface area contributed by atoms with Crippen LogP contribution in [0.4, 0.5) is 5.69 Å². The number of hydrogen-bond donors (Lipinski definition) is 0. The summed E-state index contributed by atoms with van der Waals surface area (Å²) in [7, 11) is 1.64. The van der Waals surface area contributed by atoms with Gasteiger partial charge in [0.25, 0.3) is 11.7 Å². The minimum atomic E-state index is -0.428. The van der Waals surface area contributed by atoms with Crippen molar-refractivity contribution in [2.24, 2.45) is 0 Å². The molecule has 1 heterocycles. The van der Waals surface area contributed by atoms with Gasteiger partial charge in [0.1, 0.15) is 0 Å². The molecule has 0 bridgehead atoms. The molecule has 0 saturated heterocycles. The summed E-state index contributed by atoms with van der Waals surface area (Å²) in [5.41, 5.74) is 2.42. The summed E-state index contributed by atoms with van der Waals surface area (Å²) in [6.07, 6.45) is 3.20. The second kappa shape index (κ2) is 4.08. The van der Waals surface area contributed by atoms with E-state index in [-0.39, 0.29) is 5.78 Å². The van der Waals surface area contributed by atoms with Crippen molar-refractivity contribution in [2.75, 3.05) is 11.9 Å². The Morgan fingerprint density at radius 1 is 1.25 bits per heavy atom. The average molecular weight is 217 g/mol. The number of nitrogens with zero attached hydrogens (tertiary/aromatic N) is 1. The smallest absolute Gasteiger partial charge is 0.299 e. The Kier molecular flexibility index (Phi) is 2.77. The van der Waals surface area contributed by atoms with Crippen LogP contribution < -0.4 is 4.90 Å². The van der Waals surface area contributed by atoms with E-state index in [1.165, 1.54) is 4.90 Å². The normalized spacial score (nSPS) is 14.5. The van der Waals surface area contributed by atoms with Crippen LogP contribution in [0.25, 0.3) is 0 Å². The summed E-state index contributed by atoms with van der Waals surface area (Å²) in [6, 6.07) is 5.72. The van der Waals surface area contributed by atoms with Crippen LogP contribution in [0.3, 0.4) is 0 Å². The monoisotopic (exact) mass is 217 g/mol. The molecule has 1 aromatic rings. The van der Waals surface area contributed by atoms with Crippen molar-refractivity contribution in [3.05, 3.63) is 29.3 Å². The third-order valence-electron chi connectivity index (χ3n) is 2.98. The van der Waals surface area contributed by atoms with Crippen LogP contribution >= 0.6 is 0 Å². The van der Waals surface area contributed by atoms with Crippen molar-refractivity contribution in [2.45, 2.75) is 26.2 Å². The van der Waals surface area contributed by atoms with Gasteiger partial charge >= 0.3 is 0 Å². The van der Waals surface area contributed by atoms with Gasteiger partial charge in [-0.25, -0.2) is 0 Å². The standard InChI is InChI=1S/C13H15NO2/c1-3-4-5-9-6-7-11-10(8-9)12(15)13(16)14(11)2/h6-8H,3-5H2,1-2H3. The molecule has 0 spiro atoms. The summed E-state index contributed by atoms with van der Waals surface area (Å²) < 4.78 is 0. The van der Waals surface area contributed by atoms with Gasteiger partial charge in [-0.15, -0.1) is 0 Å². The molecule has 3 heteroatoms. The highest BCUT2D eigenvalue weighted by Gasteiger charge is 2.33. The summed E-state index contributed by atoms with van der Waals surface area (Å²) in [4.78, 5) is 24.5. The first-order valence-corrected chi connectivity index (χ1v) is 5.60. The van der Waals surface area contributed by atoms with Crippen molar-refractivity contribution < 1.29 is 9.59 Å². The second-order valence-corrected chi connectivity index (χ2v) is 4.15. The number of rotatable bonds is 3. The number of Topliss-reactive ketones (excluding diaryl/α,β-unsaturated/α-hetero) is 1. The maximum Gasteiger partial charge on any atom is 0.299 e. The van der Waals surface area contributed by atoms with E-state index in [1.54, 1.807) is 7.05 Å². The maximum atomic E-state index is 11.6. The third-order valence-corrected chi connectivity index (χ3v) is 2.98. The minimum Gasteiger partial charge on any atom is -0.308 e. The number of ketones is 1. The number of likely N-dealkylation sites (N-methyl/N-ethyl adjacent to an activating group) is 1. The molecule has 1 aliphatic rings. The number of carbonyl (C=O) groups excluding carboxylic acids is 2. The van der Waals surface area contributed by atoms with Crippen molar-refractivity contribution in [3.63, 3.8) is 0 Å². The molecule has 0 aromatic heterocycles. The highest BCUT2D eigenvalue weighted by atomic mass is 16.2. The Bertz CT molecular complexity index is 451. The van der Waals surface area contributed by atoms with Crippen LogP contribution in [0.5, 0.6) is 0 Å². The van der Waals surface area contributed by atoms with E-state index in [0.29, 0.717) is 5.56 Å². The second-order valence-electron chi connectivity index (χ2n) is 4.15. The highest BCUT2D eigenvalue weighted by molar-refractivity contribution is 6.52. The number of aryl methyl sites for hydroxylation is 1. The predicted octanol–water partition coefficient (Wildman–Crippen LogP) is 2.19. The summed E-state index contributed by atoms with van der Waals surface area (Å²) >= 11 is 0. The number of unbranched alkanes of at least 4 members (excludes halogenated alkanes) is 1. The summed E-state index contributed by atoms with van der Waals surface area (Å²) in [5, 5.41) is 0. The quantitative estimate of drug-likeness (QED) is 0.728. The van der Waals surface area contributed by atoms with Crippen LogP contribution in [-0.2, 0) is 11.2 Å². The van der Waals surface area contributed by atoms with E-state index < -0.39 is 5.91 Å². The molecule has 16 heavy (non-hydrogen) atoms. The molecular formula is C13H15NO2. The fourth-order valence-corrected chi connectivity index (χ4v) is 1.97. The number of hydrogen-bond acceptors (Lipinski definition) is 2. The van der Waals surface area contributed by atoms with Gasteiger partial charge in [-0.1, -0.05) is 19.4 Å². The van der Waals surface area contributed by atoms with Gasteiger partial charge in [0.15, 0.2) is 0 Å². The van der Waals surface area contributed by atoms with Crippen LogP contribution in [-0.4, -0.2) is 18.7 Å². The highest BCUT2D eigenvalue weighted by Crippen LogP contribution is 2.28. The first-order valence-electron chi connectivity index (χ1n) is 5.60. The summed E-state index contributed by atoms with van der Waals surface area (Å²) in [6.45, 7) is 2.13. The van der Waals surface area contributed by atoms with Crippen molar-refractivity contribution in [1.29, 1.82) is 0 Å². The Labute approximate surface area is 95.1 Å². The van der Waals surface area contributed by atoms with Gasteiger partial charge in [-0.2, -0.15) is 0 Å². The van der Waals surface area contributed by atoms with Gasteiger partial charge in [-0.3, -0.25) is 9.59 Å². The molecule has 0 fully saturated rings. The molecule has 0 unspecified atom stereocenters. The fourth-order valence-electron chi connectivity index (χ4n) is 1.97. The third kappa shape index (κ3) is 1.62. The molecule has 1 aliphatic heterocycles. The van der Waals surface area contributed by atoms with Crippen LogP contribution in [0, 0.1) is 0 Å². The molecule has 0 atom stereocenters. The number of anilines is 1. The molecule has 0 aliphatic carbocycles. The Morgan fingerprint density at radius 3 is 2.69 bits per heavy atom. The Morgan fingerprint density at radius 2 is 2.00 bits per heavy atom. The predicted molar refractivity (Wildman–Crippen MR) is 62.8 cm³/mol. The van der Waals surface area contributed by atoms with Gasteiger partial charge in [-0.05, 0) is 30.5 Å². The SMILES string of the molecule is CCCCc1ccc2c(c1)C(=O)C(=O)N2C. The van der Waals surface area contributed by atoms with Gasteiger partial charge in [0, 0.05) is 7.05 Å². The largest absolute Gasteiger partial charge is 0.308 e. The fraction of sp³-hybridized carbons (Fsp3) is 0.385. The molecule has 1 amide bonds. The number of amides is 1. The first kappa shape index (κ1) is 10.9. The van der Waals surface area contributed by atoms with E-state index in [2.05, 4.69) is 6.92 Å². The Hall–Kier alpha value is -1.64. The van der Waals surface area contributed by atoms with Gasteiger partial charge < -0.3 is 4.90 Å². The zero-order valence-electron chi connectivity index (χ0n) is 9.62. The first-order chi connectivity index (χ1) is 7.65. The maximum absolute atomic E-state index is 11.6. The van der Waals surface area contributed by atoms with E-state index in [9.17, 15) is 9.59 Å². The summed E-state index contributed by atoms with van der Waals surface area (Å²) in [5.74, 6) is -0.807. The molecular weight excluding hydrogens is 202 g/mol. The molecule has 3 nitrogen and oxygen atoms in total. The molecule has 84 valence electrons. The lowest BCUT2D eigenvalue weighted by molar-refractivity contribution is -0.114.